The summed E-state index contributed by atoms with van der Waals surface area (Å²) < 4.78 is 5.06. The van der Waals surface area contributed by atoms with Gasteiger partial charge < -0.3 is 4.74 Å². The van der Waals surface area contributed by atoms with E-state index in [1.165, 1.54) is 0 Å². The minimum Gasteiger partial charge on any atom is -0.402 e. The van der Waals surface area contributed by atoms with Gasteiger partial charge in [-0.15, -0.1) is 0 Å². The highest BCUT2D eigenvalue weighted by Gasteiger charge is 2.23. The summed E-state index contributed by atoms with van der Waals surface area (Å²) in [4.78, 5) is 15.6. The van der Waals surface area contributed by atoms with Gasteiger partial charge in [0.15, 0.2) is 5.70 Å². The molecule has 5 heteroatoms. The Bertz CT molecular complexity index is 589. The Balaban J connectivity index is 2.35. The second-order valence-corrected chi connectivity index (χ2v) is 4.33. The average Bonchev–Trinajstić information content (AvgIpc) is 2.72. The highest BCUT2D eigenvalue weighted by Crippen LogP contribution is 2.25. The molecule has 0 atom stereocenters. The van der Waals surface area contributed by atoms with Crippen molar-refractivity contribution >= 4 is 35.1 Å². The van der Waals surface area contributed by atoms with Gasteiger partial charge in [0.1, 0.15) is 0 Å². The van der Waals surface area contributed by atoms with Crippen molar-refractivity contribution in [2.24, 2.45) is 4.99 Å². The monoisotopic (exact) mass is 281 g/mol. The molecule has 0 saturated carbocycles. The van der Waals surface area contributed by atoms with Crippen molar-refractivity contribution in [3.8, 4) is 0 Å². The van der Waals surface area contributed by atoms with Crippen molar-refractivity contribution in [1.82, 2.24) is 0 Å². The molecule has 1 aliphatic heterocycles. The fourth-order valence-corrected chi connectivity index (χ4v) is 1.66. The Morgan fingerprint density at radius 2 is 2.06 bits per heavy atom. The van der Waals surface area contributed by atoms with E-state index in [0.29, 0.717) is 15.6 Å². The van der Waals surface area contributed by atoms with Gasteiger partial charge in [0.25, 0.3) is 0 Å². The predicted molar refractivity (Wildman–Crippen MR) is 72.0 cm³/mol. The molecule has 1 aromatic rings. The topological polar surface area (TPSA) is 38.7 Å². The summed E-state index contributed by atoms with van der Waals surface area (Å²) in [5, 5.41) is 0.828. The number of aliphatic imine (C=N–C) groups is 1. The predicted octanol–water partition coefficient (Wildman–Crippen LogP) is 3.76. The fraction of sp³-hybridized carbons (Fsp3) is 0.0769. The number of hydrogen-bond donors (Lipinski definition) is 0. The number of cyclic esters (lactones) is 1. The third-order valence-corrected chi connectivity index (χ3v) is 2.97. The highest BCUT2D eigenvalue weighted by atomic mass is 35.5. The maximum absolute atomic E-state index is 11.5. The normalized spacial score (nSPS) is 17.4. The first-order valence-electron chi connectivity index (χ1n) is 5.21. The van der Waals surface area contributed by atoms with Crippen molar-refractivity contribution < 1.29 is 9.53 Å². The molecule has 3 nitrogen and oxygen atoms in total. The lowest BCUT2D eigenvalue weighted by molar-refractivity contribution is -0.130. The van der Waals surface area contributed by atoms with E-state index in [9.17, 15) is 4.79 Å². The van der Waals surface area contributed by atoms with Crippen LogP contribution in [0.25, 0.3) is 0 Å². The lowest BCUT2D eigenvalue weighted by Crippen LogP contribution is -2.05. The van der Waals surface area contributed by atoms with Gasteiger partial charge in [-0.2, -0.15) is 0 Å². The average molecular weight is 282 g/mol. The van der Waals surface area contributed by atoms with Gasteiger partial charge in [-0.1, -0.05) is 35.4 Å². The molecule has 1 aliphatic rings. The van der Waals surface area contributed by atoms with Crippen molar-refractivity contribution in [3.05, 3.63) is 57.7 Å². The van der Waals surface area contributed by atoms with Gasteiger partial charge in [0, 0.05) is 5.56 Å². The van der Waals surface area contributed by atoms with Crippen molar-refractivity contribution in [2.45, 2.75) is 6.92 Å². The molecule has 0 radical (unpaired) electrons. The number of carbonyl (C=O) groups is 1. The van der Waals surface area contributed by atoms with Crippen molar-refractivity contribution in [1.29, 1.82) is 0 Å². The van der Waals surface area contributed by atoms with E-state index in [1.54, 1.807) is 36.4 Å². The number of esters is 1. The number of hydrogen-bond acceptors (Lipinski definition) is 3. The van der Waals surface area contributed by atoms with E-state index >= 15 is 0 Å². The summed E-state index contributed by atoms with van der Waals surface area (Å²) in [6, 6.07) is 4.93. The molecule has 0 aromatic heterocycles. The molecule has 2 rings (SSSR count). The molecule has 0 spiro atoms. The lowest BCUT2D eigenvalue weighted by Gasteiger charge is -2.01. The highest BCUT2D eigenvalue weighted by molar-refractivity contribution is 6.42. The van der Waals surface area contributed by atoms with Gasteiger partial charge in [-0.05, 0) is 31.2 Å². The van der Waals surface area contributed by atoms with Crippen LogP contribution in [0.5, 0.6) is 0 Å². The summed E-state index contributed by atoms with van der Waals surface area (Å²) in [6.07, 6.45) is 5.11. The second-order valence-electron chi connectivity index (χ2n) is 3.51. The number of ether oxygens (including phenoxy) is 1. The van der Waals surface area contributed by atoms with Crippen LogP contribution in [0.2, 0.25) is 10.0 Å². The van der Waals surface area contributed by atoms with Gasteiger partial charge in [0.2, 0.25) is 5.90 Å². The summed E-state index contributed by atoms with van der Waals surface area (Å²) in [7, 11) is 0. The van der Waals surface area contributed by atoms with Gasteiger partial charge >= 0.3 is 5.97 Å². The largest absolute Gasteiger partial charge is 0.402 e. The Kier molecular flexibility index (Phi) is 3.84. The van der Waals surface area contributed by atoms with Crippen LogP contribution in [-0.4, -0.2) is 11.9 Å². The molecule has 92 valence electrons. The van der Waals surface area contributed by atoms with Crippen LogP contribution < -0.4 is 0 Å². The number of rotatable bonds is 2. The molecule has 0 N–H and O–H groups in total. The third kappa shape index (κ3) is 2.63. The first-order chi connectivity index (χ1) is 8.61. The van der Waals surface area contributed by atoms with Crippen LogP contribution in [-0.2, 0) is 9.53 Å². The number of allylic oxidation sites excluding steroid dienone is 3. The maximum atomic E-state index is 11.5. The summed E-state index contributed by atoms with van der Waals surface area (Å²) in [6.45, 7) is 1.85. The standard InChI is InChI=1S/C13H9Cl2NO2/c1-2-3-4-11-13(17)18-12(16-11)8-5-6-9(14)10(15)7-8/h2-7H,1H3/b3-2+,11-4-. The zero-order valence-electron chi connectivity index (χ0n) is 9.48. The Hall–Kier alpha value is -1.58. The fourth-order valence-electron chi connectivity index (χ4n) is 1.36. The smallest absolute Gasteiger partial charge is 0.363 e. The van der Waals surface area contributed by atoms with Crippen LogP contribution >= 0.6 is 23.2 Å². The van der Waals surface area contributed by atoms with Gasteiger partial charge in [-0.25, -0.2) is 9.79 Å². The van der Waals surface area contributed by atoms with E-state index < -0.39 is 5.97 Å². The second kappa shape index (κ2) is 5.38. The van der Waals surface area contributed by atoms with Crippen molar-refractivity contribution in [2.75, 3.05) is 0 Å². The number of nitrogens with zero attached hydrogens (tertiary/aromatic N) is 1. The Labute approximate surface area is 114 Å². The molecule has 0 saturated heterocycles. The number of halogens is 2. The zero-order chi connectivity index (χ0) is 13.1. The van der Waals surface area contributed by atoms with Crippen LogP contribution in [0.4, 0.5) is 0 Å². The van der Waals surface area contributed by atoms with Crippen LogP contribution in [0.1, 0.15) is 12.5 Å². The number of benzene rings is 1. The van der Waals surface area contributed by atoms with E-state index in [1.807, 2.05) is 6.92 Å². The quantitative estimate of drug-likeness (QED) is 0.612. The molecule has 18 heavy (non-hydrogen) atoms. The molecule has 0 aliphatic carbocycles. The molecular weight excluding hydrogens is 273 g/mol. The first-order valence-corrected chi connectivity index (χ1v) is 5.96. The van der Waals surface area contributed by atoms with Gasteiger partial charge in [-0.3, -0.25) is 0 Å². The Morgan fingerprint density at radius 3 is 2.72 bits per heavy atom. The van der Waals surface area contributed by atoms with E-state index in [2.05, 4.69) is 4.99 Å². The van der Waals surface area contributed by atoms with Gasteiger partial charge in [0.05, 0.1) is 10.0 Å². The first kappa shape index (κ1) is 12.9. The molecule has 1 aromatic carbocycles. The van der Waals surface area contributed by atoms with E-state index in [-0.39, 0.29) is 11.6 Å². The van der Waals surface area contributed by atoms with E-state index in [0.717, 1.165) is 0 Å². The van der Waals surface area contributed by atoms with E-state index in [4.69, 9.17) is 27.9 Å². The summed E-state index contributed by atoms with van der Waals surface area (Å²) >= 11 is 11.7. The Morgan fingerprint density at radius 1 is 1.28 bits per heavy atom. The molecular formula is C13H9Cl2NO2. The summed E-state index contributed by atoms with van der Waals surface area (Å²) in [5.41, 5.74) is 0.871. The van der Waals surface area contributed by atoms with Crippen molar-refractivity contribution in [3.63, 3.8) is 0 Å². The zero-order valence-corrected chi connectivity index (χ0v) is 11.0. The SMILES string of the molecule is C/C=C/C=C1\N=C(c2ccc(Cl)c(Cl)c2)OC1=O. The summed E-state index contributed by atoms with van der Waals surface area (Å²) in [5.74, 6) is -0.247. The van der Waals surface area contributed by atoms with Crippen LogP contribution in [0.15, 0.2) is 47.1 Å². The minimum atomic E-state index is -0.478. The molecule has 0 amide bonds. The van der Waals surface area contributed by atoms with Crippen LogP contribution in [0.3, 0.4) is 0 Å². The molecule has 0 fully saturated rings. The minimum absolute atomic E-state index is 0.231. The maximum Gasteiger partial charge on any atom is 0.363 e. The molecule has 1 heterocycles. The van der Waals surface area contributed by atoms with Crippen LogP contribution in [0, 0.1) is 0 Å². The molecule has 0 unspecified atom stereocenters. The lowest BCUT2D eigenvalue weighted by atomic mass is 10.2. The number of carbonyl (C=O) groups excluding carboxylic acids is 1. The molecule has 0 bridgehead atoms. The third-order valence-electron chi connectivity index (χ3n) is 2.23.